The van der Waals surface area contributed by atoms with Crippen molar-refractivity contribution in [2.45, 2.75) is 46.1 Å². The van der Waals surface area contributed by atoms with E-state index in [1.54, 1.807) is 0 Å². The van der Waals surface area contributed by atoms with Gasteiger partial charge in [0.15, 0.2) is 11.6 Å². The van der Waals surface area contributed by atoms with Gasteiger partial charge in [-0.15, -0.1) is 0 Å². The van der Waals surface area contributed by atoms with E-state index in [0.29, 0.717) is 11.8 Å². The molecule has 1 aliphatic carbocycles. The Morgan fingerprint density at radius 3 is 2.67 bits per heavy atom. The van der Waals surface area contributed by atoms with Crippen molar-refractivity contribution in [1.82, 2.24) is 0 Å². The zero-order valence-corrected chi connectivity index (χ0v) is 12.7. The molecule has 116 valence electrons. The molecule has 0 heterocycles. The molecule has 21 heavy (non-hydrogen) atoms. The zero-order chi connectivity index (χ0) is 15.6. The van der Waals surface area contributed by atoms with Crippen molar-refractivity contribution in [3.8, 4) is 0 Å². The Balaban J connectivity index is 2.14. The van der Waals surface area contributed by atoms with Gasteiger partial charge in [0.05, 0.1) is 5.56 Å². The van der Waals surface area contributed by atoms with Crippen LogP contribution < -0.4 is 0 Å². The van der Waals surface area contributed by atoms with Crippen LogP contribution in [-0.4, -0.2) is 12.1 Å². The minimum Gasteiger partial charge on any atom is -0.458 e. The number of ether oxygens (including phenoxy) is 1. The summed E-state index contributed by atoms with van der Waals surface area (Å²) in [5.41, 5.74) is -0.323. The van der Waals surface area contributed by atoms with Gasteiger partial charge in [0, 0.05) is 0 Å². The minimum absolute atomic E-state index is 0.219. The van der Waals surface area contributed by atoms with Gasteiger partial charge < -0.3 is 4.74 Å². The Morgan fingerprint density at radius 1 is 1.29 bits per heavy atom. The first kappa shape index (κ1) is 15.9. The van der Waals surface area contributed by atoms with Gasteiger partial charge in [-0.05, 0) is 42.7 Å². The highest BCUT2D eigenvalue weighted by atomic mass is 19.2. The molecular weight excluding hydrogens is 274 g/mol. The van der Waals surface area contributed by atoms with Gasteiger partial charge in [-0.25, -0.2) is 13.6 Å². The maximum Gasteiger partial charge on any atom is 0.341 e. The van der Waals surface area contributed by atoms with Crippen molar-refractivity contribution in [3.63, 3.8) is 0 Å². The summed E-state index contributed by atoms with van der Waals surface area (Å²) in [5.74, 6) is -1.77. The van der Waals surface area contributed by atoms with Crippen molar-refractivity contribution < 1.29 is 18.3 Å². The lowest BCUT2D eigenvalue weighted by Gasteiger charge is -2.36. The van der Waals surface area contributed by atoms with E-state index in [0.717, 1.165) is 25.3 Å². The van der Waals surface area contributed by atoms with Crippen molar-refractivity contribution in [3.05, 3.63) is 35.4 Å². The number of carbonyl (C=O) groups is 1. The molecule has 1 aliphatic rings. The highest BCUT2D eigenvalue weighted by molar-refractivity contribution is 5.89. The monoisotopic (exact) mass is 296 g/mol. The summed E-state index contributed by atoms with van der Waals surface area (Å²) in [6.45, 7) is 6.33. The van der Waals surface area contributed by atoms with Crippen molar-refractivity contribution in [2.24, 2.45) is 17.8 Å². The second-order valence-electron chi connectivity index (χ2n) is 6.37. The number of hydrogen-bond donors (Lipinski definition) is 0. The highest BCUT2D eigenvalue weighted by Crippen LogP contribution is 2.35. The molecule has 0 aliphatic heterocycles. The largest absolute Gasteiger partial charge is 0.458 e. The summed E-state index contributed by atoms with van der Waals surface area (Å²) in [7, 11) is 0. The molecule has 0 bridgehead atoms. The maximum atomic E-state index is 13.7. The lowest BCUT2D eigenvalue weighted by Crippen LogP contribution is -2.36. The van der Waals surface area contributed by atoms with Crippen LogP contribution in [0.5, 0.6) is 0 Å². The summed E-state index contributed by atoms with van der Waals surface area (Å²) in [6.07, 6.45) is 2.68. The molecule has 0 radical (unpaired) electrons. The predicted octanol–water partition coefficient (Wildman–Crippen LogP) is 4.58. The first-order valence-corrected chi connectivity index (χ1v) is 7.55. The van der Waals surface area contributed by atoms with Crippen LogP contribution in [-0.2, 0) is 4.74 Å². The Kier molecular flexibility index (Phi) is 4.96. The fourth-order valence-electron chi connectivity index (χ4n) is 3.11. The van der Waals surface area contributed by atoms with Gasteiger partial charge in [0.25, 0.3) is 0 Å². The van der Waals surface area contributed by atoms with Crippen molar-refractivity contribution in [2.75, 3.05) is 0 Å². The van der Waals surface area contributed by atoms with E-state index in [1.807, 2.05) is 0 Å². The van der Waals surface area contributed by atoms with Gasteiger partial charge >= 0.3 is 5.97 Å². The molecule has 3 atom stereocenters. The fraction of sp³-hybridized carbons (Fsp3) is 0.588. The third-order valence-electron chi connectivity index (χ3n) is 4.39. The maximum absolute atomic E-state index is 13.7. The topological polar surface area (TPSA) is 26.3 Å². The molecule has 2 rings (SSSR count). The highest BCUT2D eigenvalue weighted by Gasteiger charge is 2.34. The van der Waals surface area contributed by atoms with Gasteiger partial charge in [-0.1, -0.05) is 33.3 Å². The van der Waals surface area contributed by atoms with Crippen molar-refractivity contribution >= 4 is 5.97 Å². The Morgan fingerprint density at radius 2 is 2.00 bits per heavy atom. The van der Waals surface area contributed by atoms with Crippen LogP contribution in [0.15, 0.2) is 18.2 Å². The third kappa shape index (κ3) is 3.60. The Hall–Kier alpha value is -1.45. The van der Waals surface area contributed by atoms with E-state index >= 15 is 0 Å². The van der Waals surface area contributed by atoms with Crippen molar-refractivity contribution in [1.29, 1.82) is 0 Å². The van der Waals surface area contributed by atoms with Crippen LogP contribution >= 0.6 is 0 Å². The number of hydrogen-bond acceptors (Lipinski definition) is 2. The number of rotatable bonds is 3. The molecule has 0 spiro atoms. The minimum atomic E-state index is -1.13. The Bertz CT molecular complexity index is 514. The molecule has 1 aromatic rings. The summed E-state index contributed by atoms with van der Waals surface area (Å²) in [5, 5.41) is 0. The standard InChI is InChI=1S/C17H22F2O2/c1-10(2)12-8-7-11(3)9-15(12)21-17(20)13-5-4-6-14(18)16(13)19/h4-6,10-12,15H,7-9H2,1-3H3. The number of benzene rings is 1. The molecular formula is C17H22F2O2. The summed E-state index contributed by atoms with van der Waals surface area (Å²) in [6, 6.07) is 3.57. The number of carbonyl (C=O) groups excluding carboxylic acids is 1. The first-order valence-electron chi connectivity index (χ1n) is 7.55. The molecule has 1 fully saturated rings. The van der Waals surface area contributed by atoms with E-state index in [4.69, 9.17) is 4.74 Å². The van der Waals surface area contributed by atoms with E-state index < -0.39 is 17.6 Å². The molecule has 0 aromatic heterocycles. The van der Waals surface area contributed by atoms with Crippen LogP contribution in [0.4, 0.5) is 8.78 Å². The second-order valence-corrected chi connectivity index (χ2v) is 6.37. The summed E-state index contributed by atoms with van der Waals surface area (Å²) < 4.78 is 32.4. The van der Waals surface area contributed by atoms with Crippen LogP contribution in [0.25, 0.3) is 0 Å². The summed E-state index contributed by atoms with van der Waals surface area (Å²) >= 11 is 0. The quantitative estimate of drug-likeness (QED) is 0.763. The molecule has 3 unspecified atom stereocenters. The van der Waals surface area contributed by atoms with Gasteiger partial charge in [0.1, 0.15) is 6.10 Å². The van der Waals surface area contributed by atoms with Crippen LogP contribution in [0.3, 0.4) is 0 Å². The smallest absolute Gasteiger partial charge is 0.341 e. The van der Waals surface area contributed by atoms with E-state index in [9.17, 15) is 13.6 Å². The van der Waals surface area contributed by atoms with E-state index in [-0.39, 0.29) is 17.6 Å². The molecule has 4 heteroatoms. The number of halogens is 2. The van der Waals surface area contributed by atoms with E-state index in [1.165, 1.54) is 12.1 Å². The lowest BCUT2D eigenvalue weighted by atomic mass is 9.75. The molecule has 2 nitrogen and oxygen atoms in total. The molecule has 1 saturated carbocycles. The molecule has 0 amide bonds. The second kappa shape index (κ2) is 6.54. The van der Waals surface area contributed by atoms with Crippen LogP contribution in [0, 0.1) is 29.4 Å². The summed E-state index contributed by atoms with van der Waals surface area (Å²) in [4.78, 5) is 12.1. The van der Waals surface area contributed by atoms with Gasteiger partial charge in [-0.2, -0.15) is 0 Å². The van der Waals surface area contributed by atoms with Crippen LogP contribution in [0.2, 0.25) is 0 Å². The van der Waals surface area contributed by atoms with Crippen LogP contribution in [0.1, 0.15) is 50.4 Å². The SMILES string of the molecule is CC1CCC(C(C)C)C(OC(=O)c2cccc(F)c2F)C1. The zero-order valence-electron chi connectivity index (χ0n) is 12.7. The molecule has 1 aromatic carbocycles. The molecule has 0 N–H and O–H groups in total. The lowest BCUT2D eigenvalue weighted by molar-refractivity contribution is -0.0178. The first-order chi connectivity index (χ1) is 9.90. The normalized spacial score (nSPS) is 25.9. The number of esters is 1. The Labute approximate surface area is 124 Å². The third-order valence-corrected chi connectivity index (χ3v) is 4.39. The van der Waals surface area contributed by atoms with Gasteiger partial charge in [0.2, 0.25) is 0 Å². The fourth-order valence-corrected chi connectivity index (χ4v) is 3.11. The van der Waals surface area contributed by atoms with Gasteiger partial charge in [-0.3, -0.25) is 0 Å². The average Bonchev–Trinajstić information content (AvgIpc) is 2.41. The van der Waals surface area contributed by atoms with E-state index in [2.05, 4.69) is 20.8 Å². The average molecular weight is 296 g/mol. The molecule has 0 saturated heterocycles. The predicted molar refractivity (Wildman–Crippen MR) is 76.9 cm³/mol.